The summed E-state index contributed by atoms with van der Waals surface area (Å²) < 4.78 is 134. The van der Waals surface area contributed by atoms with E-state index in [-0.39, 0.29) is 106 Å². The molecule has 17 nitrogen and oxygen atoms in total. The molecule has 0 amide bonds. The van der Waals surface area contributed by atoms with Crippen molar-refractivity contribution in [2.75, 3.05) is 5.32 Å². The minimum absolute atomic E-state index is 0. The van der Waals surface area contributed by atoms with Crippen molar-refractivity contribution in [1.82, 2.24) is 9.97 Å². The maximum Gasteiger partial charge on any atom is 1.00 e. The van der Waals surface area contributed by atoms with Crippen molar-refractivity contribution in [3.8, 4) is 5.75 Å². The molecule has 0 saturated heterocycles. The Labute approximate surface area is 388 Å². The van der Waals surface area contributed by atoms with Gasteiger partial charge in [0.1, 0.15) is 30.6 Å². The van der Waals surface area contributed by atoms with E-state index in [1.807, 2.05) is 0 Å². The second kappa shape index (κ2) is 19.1. The molecule has 0 spiro atoms. The summed E-state index contributed by atoms with van der Waals surface area (Å²) in [6.45, 7) is -0.261. The SMILES string of the molecule is O=S(=O)([O-])c1cc(N=C([O-])c2ccccc2)c2c([O-])c(N=Nc3ccc4c(CNc5nc(F)nc(F)c5Cl)cccc4c3S(=O)(=O)O)c(S(=O)(=O)O)cc2c1.[Li+].[Na+].[Na+]. The minimum atomic E-state index is -5.41. The van der Waals surface area contributed by atoms with Crippen LogP contribution < -0.4 is 93.5 Å². The molecule has 1 aromatic heterocycles. The van der Waals surface area contributed by atoms with Crippen molar-refractivity contribution in [3.63, 3.8) is 0 Å². The molecule has 58 heavy (non-hydrogen) atoms. The van der Waals surface area contributed by atoms with Crippen LogP contribution in [-0.2, 0) is 36.9 Å². The van der Waals surface area contributed by atoms with Crippen LogP contribution in [0.4, 0.5) is 31.7 Å². The molecule has 3 N–H and O–H groups in total. The quantitative estimate of drug-likeness (QED) is 0.0223. The van der Waals surface area contributed by atoms with E-state index >= 15 is 0 Å². The maximum absolute atomic E-state index is 13.9. The minimum Gasteiger partial charge on any atom is -0.870 e. The van der Waals surface area contributed by atoms with Crippen LogP contribution in [0, 0.1) is 12.0 Å². The molecule has 0 unspecified atom stereocenters. The molecule has 6 rings (SSSR count). The number of halogens is 3. The van der Waals surface area contributed by atoms with Crippen LogP contribution in [0.15, 0.2) is 109 Å². The third-order valence-corrected chi connectivity index (χ3v) is 10.7. The molecule has 0 radical (unpaired) electrons. The van der Waals surface area contributed by atoms with Crippen LogP contribution in [0.2, 0.25) is 5.02 Å². The van der Waals surface area contributed by atoms with Gasteiger partial charge in [-0.25, -0.2) is 8.42 Å². The van der Waals surface area contributed by atoms with Crippen LogP contribution >= 0.6 is 11.6 Å². The monoisotopic (exact) mass is 884 g/mol. The van der Waals surface area contributed by atoms with E-state index in [4.69, 9.17) is 11.6 Å². The summed E-state index contributed by atoms with van der Waals surface area (Å²) in [5, 5.41) is 34.9. The summed E-state index contributed by atoms with van der Waals surface area (Å²) in [4.78, 5) is 6.83. The zero-order valence-corrected chi connectivity index (χ0v) is 37.1. The molecule has 5 aromatic carbocycles. The Morgan fingerprint density at radius 3 is 2.12 bits per heavy atom. The molecule has 0 atom stereocenters. The number of benzene rings is 5. The number of hydrogen-bond donors (Lipinski definition) is 3. The number of hydrogen-bond acceptors (Lipinski definition) is 15. The normalized spacial score (nSPS) is 12.2. The van der Waals surface area contributed by atoms with Crippen molar-refractivity contribution >= 4 is 92.3 Å². The van der Waals surface area contributed by atoms with E-state index in [0.717, 1.165) is 6.07 Å². The second-order valence-corrected chi connectivity index (χ2v) is 15.7. The topological polar surface area (TPSA) is 287 Å². The zero-order valence-electron chi connectivity index (χ0n) is 29.9. The van der Waals surface area contributed by atoms with Gasteiger partial charge < -0.3 is 20.1 Å². The van der Waals surface area contributed by atoms with Gasteiger partial charge in [-0.05, 0) is 52.1 Å². The summed E-state index contributed by atoms with van der Waals surface area (Å²) in [7, 11) is -15.9. The Hall–Kier alpha value is -3.15. The second-order valence-electron chi connectivity index (χ2n) is 11.2. The van der Waals surface area contributed by atoms with Crippen molar-refractivity contribution in [3.05, 3.63) is 107 Å². The van der Waals surface area contributed by atoms with Crippen molar-refractivity contribution in [2.24, 2.45) is 15.2 Å². The predicted octanol–water partition coefficient (Wildman–Crippen LogP) is -4.34. The number of aliphatic imine (C=N–C) groups is 1. The van der Waals surface area contributed by atoms with E-state index in [0.29, 0.717) is 18.2 Å². The first-order valence-electron chi connectivity index (χ1n) is 14.9. The van der Waals surface area contributed by atoms with Gasteiger partial charge in [-0.2, -0.15) is 35.6 Å². The van der Waals surface area contributed by atoms with E-state index in [1.165, 1.54) is 48.5 Å². The largest absolute Gasteiger partial charge is 1.00 e. The number of fused-ring (bicyclic) bond motifs is 2. The summed E-state index contributed by atoms with van der Waals surface area (Å²) in [5.41, 5.74) is -2.30. The van der Waals surface area contributed by atoms with E-state index in [9.17, 15) is 57.9 Å². The zero-order chi connectivity index (χ0) is 40.0. The summed E-state index contributed by atoms with van der Waals surface area (Å²) in [6, 6.07) is 15.3. The number of rotatable bonds is 10. The summed E-state index contributed by atoms with van der Waals surface area (Å²) >= 11 is 5.81. The molecule has 6 aromatic rings. The first-order valence-corrected chi connectivity index (χ1v) is 19.5. The van der Waals surface area contributed by atoms with Gasteiger partial charge in [0.05, 0.1) is 16.3 Å². The van der Waals surface area contributed by atoms with Gasteiger partial charge in [0.25, 0.3) is 20.2 Å². The Morgan fingerprint density at radius 1 is 0.828 bits per heavy atom. The maximum atomic E-state index is 13.9. The van der Waals surface area contributed by atoms with Crippen LogP contribution in [0.1, 0.15) is 11.1 Å². The Balaban J connectivity index is 0.00000300. The summed E-state index contributed by atoms with van der Waals surface area (Å²) in [5.74, 6) is -4.21. The van der Waals surface area contributed by atoms with Crippen LogP contribution in [0.25, 0.3) is 21.5 Å². The van der Waals surface area contributed by atoms with Crippen molar-refractivity contribution < 1.29 is 136 Å². The van der Waals surface area contributed by atoms with Crippen LogP contribution in [-0.4, -0.2) is 54.8 Å². The van der Waals surface area contributed by atoms with Gasteiger partial charge in [-0.3, -0.25) is 14.1 Å². The standard InChI is InChI=1S/C32H21ClF2N6O11S3.Li.2Na/c33-25-29(34)38-32(35)39-30(25)36-14-16-7-4-8-20-19(16)9-10-21(28(20)55(50,51)52)40-41-26-23(54(47,48)49)12-17-11-18(53(44,45)46)13-22(24(17)27(26)42)37-31(43)15-5-2-1-3-6-15;;;/h1-13,42H,14H2,(H,37,43)(H,36,38,39)(H,44,45,46)(H,47,48,49)(H,50,51,52);;;/q;3*+1/p-3. The fourth-order valence-corrected chi connectivity index (χ4v) is 7.54. The van der Waals surface area contributed by atoms with Crippen LogP contribution in [0.5, 0.6) is 5.75 Å². The number of aromatic nitrogens is 2. The van der Waals surface area contributed by atoms with Gasteiger partial charge in [-0.1, -0.05) is 71.9 Å². The van der Waals surface area contributed by atoms with Gasteiger partial charge in [0, 0.05) is 17.3 Å². The van der Waals surface area contributed by atoms with Gasteiger partial charge >= 0.3 is 84.1 Å². The molecule has 0 aliphatic rings. The van der Waals surface area contributed by atoms with E-state index in [1.54, 1.807) is 6.07 Å². The van der Waals surface area contributed by atoms with Gasteiger partial charge in [-0.15, -0.1) is 10.2 Å². The number of nitrogens with one attached hydrogen (secondary N) is 1. The molecule has 0 aliphatic heterocycles. The smallest absolute Gasteiger partial charge is 0.870 e. The summed E-state index contributed by atoms with van der Waals surface area (Å²) in [6.07, 6.45) is -1.43. The Kier molecular flexibility index (Phi) is 16.2. The molecule has 26 heteroatoms. The molecule has 0 aliphatic carbocycles. The Bertz CT molecular complexity index is 2990. The third-order valence-electron chi connectivity index (χ3n) is 7.72. The fraction of sp³-hybridized carbons (Fsp3) is 0.0312. The third kappa shape index (κ3) is 10.6. The first-order chi connectivity index (χ1) is 25.7. The molecule has 1 heterocycles. The molecule has 284 valence electrons. The average Bonchev–Trinajstić information content (AvgIpc) is 3.10. The van der Waals surface area contributed by atoms with E-state index < -0.39 is 107 Å². The fourth-order valence-electron chi connectivity index (χ4n) is 5.38. The molecule has 0 bridgehead atoms. The van der Waals surface area contributed by atoms with Crippen molar-refractivity contribution in [2.45, 2.75) is 21.2 Å². The van der Waals surface area contributed by atoms with Gasteiger partial charge in [0.15, 0.2) is 5.82 Å². The number of anilines is 1. The Morgan fingerprint density at radius 2 is 1.50 bits per heavy atom. The van der Waals surface area contributed by atoms with Gasteiger partial charge in [0.2, 0.25) is 5.95 Å². The predicted molar refractivity (Wildman–Crippen MR) is 186 cm³/mol. The average molecular weight is 885 g/mol. The van der Waals surface area contributed by atoms with Crippen LogP contribution in [0.3, 0.4) is 0 Å². The number of azo groups is 1. The number of nitrogens with zero attached hydrogens (tertiary/aromatic N) is 5. The molecular formula is C32H18ClF2LiN6Na2O11S3. The van der Waals surface area contributed by atoms with Crippen molar-refractivity contribution in [1.29, 1.82) is 0 Å². The molecular weight excluding hydrogens is 867 g/mol. The molecule has 0 fully saturated rings. The van der Waals surface area contributed by atoms with E-state index in [2.05, 4.69) is 30.5 Å². The molecule has 0 saturated carbocycles. The first kappa shape index (κ1) is 49.2.